The highest BCUT2D eigenvalue weighted by Gasteiger charge is 2.44. The predicted molar refractivity (Wildman–Crippen MR) is 108 cm³/mol. The van der Waals surface area contributed by atoms with Gasteiger partial charge in [0.25, 0.3) is 11.6 Å². The Hall–Kier alpha value is -3.87. The molecule has 3 aromatic carbocycles. The van der Waals surface area contributed by atoms with E-state index in [0.29, 0.717) is 29.1 Å². The van der Waals surface area contributed by atoms with Crippen molar-refractivity contribution in [3.8, 4) is 5.75 Å². The van der Waals surface area contributed by atoms with Crippen LogP contribution in [0.1, 0.15) is 22.0 Å². The molecule has 2 aliphatic rings. The number of amides is 1. The summed E-state index contributed by atoms with van der Waals surface area (Å²) in [5.74, 6) is 0.449. The number of benzene rings is 3. The number of carbonyl (C=O) groups is 1. The molecule has 29 heavy (non-hydrogen) atoms. The van der Waals surface area contributed by atoms with Gasteiger partial charge in [-0.15, -0.1) is 0 Å². The first kappa shape index (κ1) is 17.2. The van der Waals surface area contributed by atoms with Crippen LogP contribution >= 0.6 is 0 Å². The van der Waals surface area contributed by atoms with Crippen LogP contribution in [0.5, 0.6) is 5.75 Å². The molecule has 5 rings (SSSR count). The molecule has 2 atom stereocenters. The first-order valence-electron chi connectivity index (χ1n) is 9.30. The van der Waals surface area contributed by atoms with Crippen LogP contribution in [-0.2, 0) is 0 Å². The lowest BCUT2D eigenvalue weighted by molar-refractivity contribution is -0.384. The molecular weight excluding hydrogens is 370 g/mol. The highest BCUT2D eigenvalue weighted by molar-refractivity contribution is 6.08. The van der Waals surface area contributed by atoms with Gasteiger partial charge in [-0.05, 0) is 30.3 Å². The molecule has 3 aromatic rings. The fraction of sp³-hybridized carbons (Fsp3) is 0.136. The van der Waals surface area contributed by atoms with Crippen molar-refractivity contribution >= 4 is 23.0 Å². The highest BCUT2D eigenvalue weighted by atomic mass is 16.6. The molecule has 1 amide bonds. The zero-order valence-corrected chi connectivity index (χ0v) is 15.3. The molecule has 1 N–H and O–H groups in total. The molecule has 0 unspecified atom stereocenters. The van der Waals surface area contributed by atoms with E-state index in [0.717, 1.165) is 5.69 Å². The second-order valence-corrected chi connectivity index (χ2v) is 7.02. The zero-order valence-electron chi connectivity index (χ0n) is 15.3. The maximum absolute atomic E-state index is 13.6. The van der Waals surface area contributed by atoms with Gasteiger partial charge in [0.1, 0.15) is 17.9 Å². The maximum Gasteiger partial charge on any atom is 0.269 e. The zero-order chi connectivity index (χ0) is 20.0. The predicted octanol–water partition coefficient (Wildman–Crippen LogP) is 4.17. The molecule has 144 valence electrons. The number of fused-ring (bicyclic) bond motifs is 4. The molecule has 0 saturated heterocycles. The van der Waals surface area contributed by atoms with Gasteiger partial charge in [-0.3, -0.25) is 19.8 Å². The standard InChI is InChI=1S/C22H17N3O4/c26-22(14-6-2-1-3-7-14)24-18-8-4-5-9-19(18)29-20-13-23-17-11-10-15(25(27)28)12-16(17)21(20)24/h1-12,20-21,23H,13H2/t20-,21+/m0/s1. The van der Waals surface area contributed by atoms with Gasteiger partial charge in [-0.1, -0.05) is 30.3 Å². The lowest BCUT2D eigenvalue weighted by Crippen LogP contribution is -2.51. The van der Waals surface area contributed by atoms with Crippen LogP contribution < -0.4 is 15.0 Å². The van der Waals surface area contributed by atoms with Crippen LogP contribution in [0, 0.1) is 10.1 Å². The van der Waals surface area contributed by atoms with Crippen molar-refractivity contribution in [2.45, 2.75) is 12.1 Å². The van der Waals surface area contributed by atoms with Crippen molar-refractivity contribution in [1.82, 2.24) is 0 Å². The van der Waals surface area contributed by atoms with Crippen LogP contribution in [0.25, 0.3) is 0 Å². The molecular formula is C22H17N3O4. The largest absolute Gasteiger partial charge is 0.484 e. The van der Waals surface area contributed by atoms with E-state index in [1.165, 1.54) is 12.1 Å². The molecule has 2 aliphatic heterocycles. The third kappa shape index (κ3) is 2.79. The van der Waals surface area contributed by atoms with E-state index >= 15 is 0 Å². The summed E-state index contributed by atoms with van der Waals surface area (Å²) >= 11 is 0. The average molecular weight is 387 g/mol. The second kappa shape index (κ2) is 6.63. The molecule has 2 heterocycles. The number of non-ortho nitro benzene ring substituents is 1. The molecule has 0 aliphatic carbocycles. The van der Waals surface area contributed by atoms with Gasteiger partial charge in [0.2, 0.25) is 0 Å². The molecule has 0 saturated carbocycles. The summed E-state index contributed by atoms with van der Waals surface area (Å²) in [6, 6.07) is 20.6. The van der Waals surface area contributed by atoms with Gasteiger partial charge in [0.15, 0.2) is 0 Å². The van der Waals surface area contributed by atoms with Gasteiger partial charge < -0.3 is 10.1 Å². The third-order valence-corrected chi connectivity index (χ3v) is 5.33. The number of anilines is 2. The van der Waals surface area contributed by atoms with Crippen LogP contribution in [-0.4, -0.2) is 23.5 Å². The van der Waals surface area contributed by atoms with E-state index in [4.69, 9.17) is 4.74 Å². The van der Waals surface area contributed by atoms with E-state index in [9.17, 15) is 14.9 Å². The molecule has 0 aromatic heterocycles. The van der Waals surface area contributed by atoms with Crippen molar-refractivity contribution in [1.29, 1.82) is 0 Å². The molecule has 7 nitrogen and oxygen atoms in total. The Bertz CT molecular complexity index is 1120. The number of carbonyl (C=O) groups excluding carboxylic acids is 1. The lowest BCUT2D eigenvalue weighted by Gasteiger charge is -2.45. The fourth-order valence-electron chi connectivity index (χ4n) is 4.03. The molecule has 7 heteroatoms. The SMILES string of the molecule is O=C(c1ccccc1)N1c2ccccc2O[C@H]2CNc3ccc([N+](=O)[O-])cc3[C@H]21. The van der Waals surface area contributed by atoms with Gasteiger partial charge in [0, 0.05) is 28.9 Å². The summed E-state index contributed by atoms with van der Waals surface area (Å²) < 4.78 is 6.18. The maximum atomic E-state index is 13.6. The first-order valence-corrected chi connectivity index (χ1v) is 9.30. The van der Waals surface area contributed by atoms with E-state index in [1.54, 1.807) is 23.1 Å². The van der Waals surface area contributed by atoms with Crippen LogP contribution in [0.4, 0.5) is 17.1 Å². The normalized spacial score (nSPS) is 19.1. The number of nitro groups is 1. The Balaban J connectivity index is 1.70. The minimum absolute atomic E-state index is 0.0165. The van der Waals surface area contributed by atoms with Gasteiger partial charge in [-0.25, -0.2) is 0 Å². The van der Waals surface area contributed by atoms with Crippen LogP contribution in [0.15, 0.2) is 72.8 Å². The summed E-state index contributed by atoms with van der Waals surface area (Å²) in [6.07, 6.45) is -0.368. The van der Waals surface area contributed by atoms with Gasteiger partial charge in [-0.2, -0.15) is 0 Å². The van der Waals surface area contributed by atoms with E-state index in [1.807, 2.05) is 42.5 Å². The summed E-state index contributed by atoms with van der Waals surface area (Å²) in [5, 5.41) is 14.6. The molecule has 0 spiro atoms. The summed E-state index contributed by atoms with van der Waals surface area (Å²) in [4.78, 5) is 26.2. The van der Waals surface area contributed by atoms with Crippen molar-refractivity contribution in [3.05, 3.63) is 94.0 Å². The van der Waals surface area contributed by atoms with Crippen LogP contribution in [0.2, 0.25) is 0 Å². The molecule has 0 bridgehead atoms. The van der Waals surface area contributed by atoms with E-state index in [-0.39, 0.29) is 17.7 Å². The Morgan fingerprint density at radius 1 is 1.07 bits per heavy atom. The lowest BCUT2D eigenvalue weighted by atomic mass is 9.90. The second-order valence-electron chi connectivity index (χ2n) is 7.02. The number of para-hydroxylation sites is 2. The quantitative estimate of drug-likeness (QED) is 0.527. The van der Waals surface area contributed by atoms with Crippen LogP contribution in [0.3, 0.4) is 0 Å². The number of nitrogens with zero attached hydrogens (tertiary/aromatic N) is 2. The minimum Gasteiger partial charge on any atom is -0.484 e. The smallest absolute Gasteiger partial charge is 0.269 e. The fourth-order valence-corrected chi connectivity index (χ4v) is 4.03. The minimum atomic E-state index is -0.478. The summed E-state index contributed by atoms with van der Waals surface area (Å²) in [7, 11) is 0. The number of hydrogen-bond acceptors (Lipinski definition) is 5. The van der Waals surface area contributed by atoms with Gasteiger partial charge in [0.05, 0.1) is 17.2 Å². The van der Waals surface area contributed by atoms with Crippen molar-refractivity contribution in [2.24, 2.45) is 0 Å². The van der Waals surface area contributed by atoms with E-state index in [2.05, 4.69) is 5.32 Å². The van der Waals surface area contributed by atoms with Gasteiger partial charge >= 0.3 is 0 Å². The Morgan fingerprint density at radius 2 is 1.83 bits per heavy atom. The average Bonchev–Trinajstić information content (AvgIpc) is 2.77. The Kier molecular flexibility index (Phi) is 3.94. The summed E-state index contributed by atoms with van der Waals surface area (Å²) in [6.45, 7) is 0.488. The van der Waals surface area contributed by atoms with Crippen molar-refractivity contribution in [3.63, 3.8) is 0 Å². The Morgan fingerprint density at radius 3 is 2.62 bits per heavy atom. The number of nitro benzene ring substituents is 1. The molecule has 0 fully saturated rings. The topological polar surface area (TPSA) is 84.7 Å². The van der Waals surface area contributed by atoms with Crippen molar-refractivity contribution in [2.75, 3.05) is 16.8 Å². The highest BCUT2D eigenvalue weighted by Crippen LogP contribution is 2.47. The first-order chi connectivity index (χ1) is 14.1. The Labute approximate surface area is 166 Å². The number of rotatable bonds is 2. The number of hydrogen-bond donors (Lipinski definition) is 1. The van der Waals surface area contributed by atoms with Crippen molar-refractivity contribution < 1.29 is 14.5 Å². The number of nitrogens with one attached hydrogen (secondary N) is 1. The monoisotopic (exact) mass is 387 g/mol. The molecule has 0 radical (unpaired) electrons. The number of ether oxygens (including phenoxy) is 1. The third-order valence-electron chi connectivity index (χ3n) is 5.33. The summed E-state index contributed by atoms with van der Waals surface area (Å²) in [5.41, 5.74) is 2.63. The van der Waals surface area contributed by atoms with E-state index < -0.39 is 11.0 Å².